The summed E-state index contributed by atoms with van der Waals surface area (Å²) in [5, 5.41) is 10.7. The summed E-state index contributed by atoms with van der Waals surface area (Å²) >= 11 is 0.414. The zero-order valence-corrected chi connectivity index (χ0v) is 19.3. The predicted molar refractivity (Wildman–Crippen MR) is 125 cm³/mol. The predicted octanol–water partition coefficient (Wildman–Crippen LogP) is 6.39. The van der Waals surface area contributed by atoms with E-state index in [2.05, 4.69) is 0 Å². The highest BCUT2D eigenvalue weighted by molar-refractivity contribution is 7.99. The molecule has 0 aliphatic carbocycles. The second kappa shape index (κ2) is 8.72. The summed E-state index contributed by atoms with van der Waals surface area (Å²) in [5.74, 6) is -0.699. The lowest BCUT2D eigenvalue weighted by Crippen LogP contribution is -2.26. The van der Waals surface area contributed by atoms with Crippen LogP contribution in [0.4, 0.5) is 13.2 Å². The molecule has 0 bridgehead atoms. The lowest BCUT2D eigenvalue weighted by molar-refractivity contribution is -0.139. The van der Waals surface area contributed by atoms with Crippen molar-refractivity contribution in [2.24, 2.45) is 0 Å². The summed E-state index contributed by atoms with van der Waals surface area (Å²) in [5.41, 5.74) is -1.01. The van der Waals surface area contributed by atoms with Crippen LogP contribution in [-0.4, -0.2) is 9.67 Å². The van der Waals surface area contributed by atoms with Gasteiger partial charge in [-0.15, -0.1) is 0 Å². The largest absolute Gasteiger partial charge is 0.505 e. The molecule has 2 aromatic heterocycles. The van der Waals surface area contributed by atoms with Crippen LogP contribution in [0.3, 0.4) is 0 Å². The van der Waals surface area contributed by atoms with E-state index in [1.54, 1.807) is 32.9 Å². The monoisotopic (exact) mass is 487 g/mol. The molecular formula is C25H20F3NO4S. The van der Waals surface area contributed by atoms with Crippen LogP contribution in [0.25, 0.3) is 22.2 Å². The van der Waals surface area contributed by atoms with Gasteiger partial charge >= 0.3 is 11.8 Å². The molecule has 0 fully saturated rings. The molecule has 34 heavy (non-hydrogen) atoms. The molecule has 1 N–H and O–H groups in total. The fourth-order valence-electron chi connectivity index (χ4n) is 3.91. The molecule has 0 aliphatic rings. The molecule has 176 valence electrons. The Kier molecular flexibility index (Phi) is 6.07. The number of aromatic hydroxyl groups is 1. The van der Waals surface area contributed by atoms with Gasteiger partial charge in [0.05, 0.1) is 11.3 Å². The van der Waals surface area contributed by atoms with E-state index >= 15 is 0 Å². The maximum absolute atomic E-state index is 13.5. The van der Waals surface area contributed by atoms with Gasteiger partial charge in [-0.1, -0.05) is 54.2 Å². The number of rotatable bonds is 4. The van der Waals surface area contributed by atoms with Gasteiger partial charge in [0.15, 0.2) is 11.3 Å². The Hall–Kier alpha value is -3.46. The van der Waals surface area contributed by atoms with Gasteiger partial charge in [-0.3, -0.25) is 4.79 Å². The summed E-state index contributed by atoms with van der Waals surface area (Å²) in [6, 6.07) is 13.4. The van der Waals surface area contributed by atoms with Crippen LogP contribution in [-0.2, 0) is 6.18 Å². The van der Waals surface area contributed by atoms with Gasteiger partial charge in [0, 0.05) is 16.5 Å². The smallest absolute Gasteiger partial charge is 0.417 e. The number of halogens is 3. The first-order valence-electron chi connectivity index (χ1n) is 10.4. The summed E-state index contributed by atoms with van der Waals surface area (Å²) in [6.07, 6.45) is -4.66. The van der Waals surface area contributed by atoms with Crippen LogP contribution >= 0.6 is 11.8 Å². The van der Waals surface area contributed by atoms with Crippen molar-refractivity contribution in [2.75, 3.05) is 0 Å². The van der Waals surface area contributed by atoms with Crippen LogP contribution in [0.2, 0.25) is 0 Å². The number of benzene rings is 2. The Morgan fingerprint density at radius 3 is 2.24 bits per heavy atom. The van der Waals surface area contributed by atoms with Gasteiger partial charge in [0.1, 0.15) is 10.3 Å². The first-order valence-corrected chi connectivity index (χ1v) is 11.2. The van der Waals surface area contributed by atoms with Crippen LogP contribution in [0.15, 0.2) is 78.4 Å². The molecule has 0 aliphatic heterocycles. The second-order valence-corrected chi connectivity index (χ2v) is 9.03. The molecule has 0 radical (unpaired) electrons. The summed E-state index contributed by atoms with van der Waals surface area (Å²) in [6.45, 7) is 5.26. The average Bonchev–Trinajstić information content (AvgIpc) is 2.78. The topological polar surface area (TPSA) is 72.4 Å². The number of alkyl halides is 3. The molecule has 4 aromatic rings. The van der Waals surface area contributed by atoms with Gasteiger partial charge in [-0.2, -0.15) is 13.2 Å². The van der Waals surface area contributed by atoms with E-state index in [4.69, 9.17) is 4.42 Å². The van der Waals surface area contributed by atoms with Crippen molar-refractivity contribution >= 4 is 22.7 Å². The zero-order chi connectivity index (χ0) is 24.8. The van der Waals surface area contributed by atoms with E-state index in [0.717, 1.165) is 6.07 Å². The number of aryl methyl sites for hydroxylation is 1. The third kappa shape index (κ3) is 4.00. The fourth-order valence-corrected chi connectivity index (χ4v) is 4.90. The van der Waals surface area contributed by atoms with E-state index in [1.165, 1.54) is 22.8 Å². The molecule has 0 saturated heterocycles. The van der Waals surface area contributed by atoms with Gasteiger partial charge < -0.3 is 14.1 Å². The number of pyridine rings is 1. The van der Waals surface area contributed by atoms with Crippen LogP contribution in [0.1, 0.15) is 31.0 Å². The van der Waals surface area contributed by atoms with Crippen LogP contribution in [0, 0.1) is 6.92 Å². The molecule has 0 unspecified atom stereocenters. The fraction of sp³-hybridized carbons (Fsp3) is 0.200. The van der Waals surface area contributed by atoms with Crippen molar-refractivity contribution in [1.82, 2.24) is 4.57 Å². The molecule has 0 atom stereocenters. The lowest BCUT2D eigenvalue weighted by atomic mass is 10.0. The van der Waals surface area contributed by atoms with E-state index in [9.17, 15) is 27.9 Å². The van der Waals surface area contributed by atoms with E-state index in [1.807, 2.05) is 18.2 Å². The first-order chi connectivity index (χ1) is 16.0. The minimum Gasteiger partial charge on any atom is -0.505 e. The molecule has 2 heterocycles. The number of nitrogens with zero attached hydrogens (tertiary/aromatic N) is 1. The van der Waals surface area contributed by atoms with E-state index < -0.39 is 33.6 Å². The Balaban J connectivity index is 2.03. The number of fused-ring (bicyclic) bond motifs is 1. The van der Waals surface area contributed by atoms with E-state index in [-0.39, 0.29) is 21.9 Å². The second-order valence-electron chi connectivity index (χ2n) is 7.98. The number of aromatic nitrogens is 1. The standard InChI is InChI=1S/C25H20F3NO4S/c1-13(2)29-19(15-9-5-4-6-10-15)14(3)21-18(23(29)31)20(30)22(24(32)33-21)34-17-12-8-7-11-16(17)25(26,27)28/h4-13,30H,1-3H3. The van der Waals surface area contributed by atoms with Crippen molar-refractivity contribution in [2.45, 2.75) is 42.8 Å². The minimum atomic E-state index is -4.66. The highest BCUT2D eigenvalue weighted by Crippen LogP contribution is 2.42. The van der Waals surface area contributed by atoms with Crippen molar-refractivity contribution in [1.29, 1.82) is 0 Å². The SMILES string of the molecule is Cc1c(-c2ccccc2)n(C(C)C)c(=O)c2c(O)c(Sc3ccccc3C(F)(F)F)c(=O)oc12. The Morgan fingerprint density at radius 2 is 1.62 bits per heavy atom. The molecule has 9 heteroatoms. The highest BCUT2D eigenvalue weighted by atomic mass is 32.2. The summed E-state index contributed by atoms with van der Waals surface area (Å²) in [7, 11) is 0. The average molecular weight is 487 g/mol. The first kappa shape index (κ1) is 23.7. The van der Waals surface area contributed by atoms with Gasteiger partial charge in [-0.05, 0) is 38.5 Å². The quantitative estimate of drug-likeness (QED) is 0.361. The third-order valence-corrected chi connectivity index (χ3v) is 6.54. The maximum atomic E-state index is 13.5. The minimum absolute atomic E-state index is 0.100. The normalized spacial score (nSPS) is 12.0. The molecule has 0 amide bonds. The van der Waals surface area contributed by atoms with Gasteiger partial charge in [0.25, 0.3) is 5.56 Å². The third-order valence-electron chi connectivity index (χ3n) is 5.40. The molecule has 0 spiro atoms. The molecular weight excluding hydrogens is 467 g/mol. The van der Waals surface area contributed by atoms with Crippen LogP contribution < -0.4 is 11.2 Å². The molecule has 5 nitrogen and oxygen atoms in total. The molecule has 4 rings (SSSR count). The molecule has 2 aromatic carbocycles. The zero-order valence-electron chi connectivity index (χ0n) is 18.4. The van der Waals surface area contributed by atoms with Crippen molar-refractivity contribution < 1.29 is 22.7 Å². The summed E-state index contributed by atoms with van der Waals surface area (Å²) < 4.78 is 47.2. The van der Waals surface area contributed by atoms with E-state index in [0.29, 0.717) is 28.6 Å². The van der Waals surface area contributed by atoms with Crippen LogP contribution in [0.5, 0.6) is 5.75 Å². The lowest BCUT2D eigenvalue weighted by Gasteiger charge is -2.21. The van der Waals surface area contributed by atoms with Crippen molar-refractivity contribution in [3.63, 3.8) is 0 Å². The Bertz CT molecular complexity index is 1510. The maximum Gasteiger partial charge on any atom is 0.417 e. The Labute approximate surface area is 196 Å². The number of hydrogen-bond acceptors (Lipinski definition) is 5. The number of hydrogen-bond donors (Lipinski definition) is 1. The highest BCUT2D eigenvalue weighted by Gasteiger charge is 2.34. The van der Waals surface area contributed by atoms with Crippen molar-refractivity contribution in [3.05, 3.63) is 86.5 Å². The summed E-state index contributed by atoms with van der Waals surface area (Å²) in [4.78, 5) is 25.6. The van der Waals surface area contributed by atoms with Gasteiger partial charge in [0.2, 0.25) is 0 Å². The van der Waals surface area contributed by atoms with Crippen molar-refractivity contribution in [3.8, 4) is 17.0 Å². The Morgan fingerprint density at radius 1 is 1.00 bits per heavy atom. The van der Waals surface area contributed by atoms with Gasteiger partial charge in [-0.25, -0.2) is 4.79 Å². The molecule has 0 saturated carbocycles.